The van der Waals surface area contributed by atoms with Crippen LogP contribution in [0.15, 0.2) is 72.8 Å². The van der Waals surface area contributed by atoms with Gasteiger partial charge in [-0.3, -0.25) is 0 Å². The molecule has 0 spiro atoms. The number of phenolic OH excluding ortho intramolecular Hbond substituents is 2. The number of hydrogen-bond donors (Lipinski definition) is 2. The van der Waals surface area contributed by atoms with Crippen molar-refractivity contribution in [2.24, 2.45) is 0 Å². The van der Waals surface area contributed by atoms with Crippen LogP contribution in [0.2, 0.25) is 0 Å². The third-order valence-electron chi connectivity index (χ3n) is 6.38. The first-order valence-electron chi connectivity index (χ1n) is 12.5. The van der Waals surface area contributed by atoms with Crippen LogP contribution < -0.4 is 14.2 Å². The Balaban J connectivity index is 1.47. The molecule has 0 aliphatic heterocycles. The Kier molecular flexibility index (Phi) is 8.59. The molecule has 4 aromatic carbocycles. The number of aromatic hydroxyl groups is 2. The van der Waals surface area contributed by atoms with Gasteiger partial charge in [0.25, 0.3) is 0 Å². The second-order valence-electron chi connectivity index (χ2n) is 9.26. The number of aryl methyl sites for hydroxylation is 2. The van der Waals surface area contributed by atoms with Crippen molar-refractivity contribution in [2.75, 3.05) is 7.11 Å². The van der Waals surface area contributed by atoms with Crippen LogP contribution in [0, 0.1) is 20.8 Å². The molecule has 0 bridgehead atoms. The largest absolute Gasteiger partial charge is 0.507 e. The molecule has 8 nitrogen and oxygen atoms in total. The highest BCUT2D eigenvalue weighted by molar-refractivity contribution is 5.97. The molecule has 0 saturated carbocycles. The van der Waals surface area contributed by atoms with Gasteiger partial charge in [0.15, 0.2) is 0 Å². The number of rotatable bonds is 9. The number of benzene rings is 4. The van der Waals surface area contributed by atoms with Gasteiger partial charge in [0.2, 0.25) is 0 Å². The van der Waals surface area contributed by atoms with Crippen molar-refractivity contribution >= 4 is 11.9 Å². The lowest BCUT2D eigenvalue weighted by Crippen LogP contribution is -2.13. The molecule has 0 aliphatic carbocycles. The predicted octanol–water partition coefficient (Wildman–Crippen LogP) is 6.19. The standard InChI is InChI=1S/C32H30O8/c1-19-14-25(16-26(33)28(19)31(35)39-18-22-8-6-5-7-9-22)40-32(36)29-20(2)15-27(21(3)30(29)34)38-17-23-10-12-24(37-4)13-11-23/h5-16,33-34H,17-18H2,1-4H3. The number of methoxy groups -OCH3 is 1. The van der Waals surface area contributed by atoms with E-state index in [2.05, 4.69) is 0 Å². The maximum absolute atomic E-state index is 13.1. The van der Waals surface area contributed by atoms with Crippen LogP contribution in [0.5, 0.6) is 28.7 Å². The summed E-state index contributed by atoms with van der Waals surface area (Å²) in [5.74, 6) is -1.01. The van der Waals surface area contributed by atoms with Gasteiger partial charge >= 0.3 is 11.9 Å². The quantitative estimate of drug-likeness (QED) is 0.190. The second kappa shape index (κ2) is 12.3. The molecule has 0 amide bonds. The van der Waals surface area contributed by atoms with Crippen molar-refractivity contribution in [3.8, 4) is 28.7 Å². The van der Waals surface area contributed by atoms with Crippen LogP contribution in [-0.2, 0) is 18.0 Å². The summed E-state index contributed by atoms with van der Waals surface area (Å²) in [6.07, 6.45) is 0. The number of esters is 2. The molecule has 0 fully saturated rings. The summed E-state index contributed by atoms with van der Waals surface area (Å²) in [5.41, 5.74) is 2.84. The van der Waals surface area contributed by atoms with E-state index in [4.69, 9.17) is 18.9 Å². The molecule has 4 rings (SSSR count). The van der Waals surface area contributed by atoms with E-state index in [1.54, 1.807) is 33.9 Å². The van der Waals surface area contributed by atoms with Gasteiger partial charge in [-0.2, -0.15) is 0 Å². The van der Waals surface area contributed by atoms with E-state index in [0.717, 1.165) is 22.9 Å². The zero-order valence-corrected chi connectivity index (χ0v) is 22.7. The highest BCUT2D eigenvalue weighted by Crippen LogP contribution is 2.35. The van der Waals surface area contributed by atoms with Crippen molar-refractivity contribution in [1.29, 1.82) is 0 Å². The van der Waals surface area contributed by atoms with E-state index in [1.807, 2.05) is 54.6 Å². The topological polar surface area (TPSA) is 112 Å². The van der Waals surface area contributed by atoms with Gasteiger partial charge in [0, 0.05) is 11.6 Å². The third kappa shape index (κ3) is 6.35. The normalized spacial score (nSPS) is 10.6. The molecule has 0 aliphatic rings. The smallest absolute Gasteiger partial charge is 0.347 e. The number of ether oxygens (including phenoxy) is 4. The Labute approximate surface area is 232 Å². The molecule has 0 heterocycles. The minimum atomic E-state index is -0.821. The van der Waals surface area contributed by atoms with E-state index in [9.17, 15) is 19.8 Å². The summed E-state index contributed by atoms with van der Waals surface area (Å²) in [4.78, 5) is 25.7. The summed E-state index contributed by atoms with van der Waals surface area (Å²) >= 11 is 0. The van der Waals surface area contributed by atoms with E-state index in [1.165, 1.54) is 6.07 Å². The van der Waals surface area contributed by atoms with Crippen molar-refractivity contribution in [3.63, 3.8) is 0 Å². The zero-order valence-electron chi connectivity index (χ0n) is 22.7. The summed E-state index contributed by atoms with van der Waals surface area (Å²) in [6, 6.07) is 20.8. The Morgan fingerprint density at radius 1 is 0.725 bits per heavy atom. The molecule has 206 valence electrons. The van der Waals surface area contributed by atoms with Crippen LogP contribution in [-0.4, -0.2) is 29.3 Å². The maximum Gasteiger partial charge on any atom is 0.347 e. The first kappa shape index (κ1) is 28.0. The molecule has 0 radical (unpaired) electrons. The fourth-order valence-electron chi connectivity index (χ4n) is 4.17. The molecule has 0 saturated heterocycles. The molecule has 8 heteroatoms. The molecule has 0 atom stereocenters. The number of phenols is 2. The van der Waals surface area contributed by atoms with Gasteiger partial charge in [0.05, 0.1) is 7.11 Å². The summed E-state index contributed by atoms with van der Waals surface area (Å²) in [7, 11) is 1.59. The predicted molar refractivity (Wildman–Crippen MR) is 148 cm³/mol. The molecule has 4 aromatic rings. The Morgan fingerprint density at radius 3 is 2.02 bits per heavy atom. The van der Waals surface area contributed by atoms with Crippen molar-refractivity contribution in [2.45, 2.75) is 34.0 Å². The number of carbonyl (C=O) groups excluding carboxylic acids is 2. The molecular formula is C32H30O8. The average Bonchev–Trinajstić information content (AvgIpc) is 2.93. The number of hydrogen-bond acceptors (Lipinski definition) is 8. The third-order valence-corrected chi connectivity index (χ3v) is 6.38. The van der Waals surface area contributed by atoms with E-state index in [-0.39, 0.29) is 41.6 Å². The molecule has 0 aromatic heterocycles. The van der Waals surface area contributed by atoms with E-state index in [0.29, 0.717) is 22.4 Å². The van der Waals surface area contributed by atoms with Crippen molar-refractivity contribution in [3.05, 3.63) is 112 Å². The van der Waals surface area contributed by atoms with Gasteiger partial charge in [0.1, 0.15) is 53.1 Å². The van der Waals surface area contributed by atoms with Gasteiger partial charge in [-0.25, -0.2) is 9.59 Å². The molecule has 0 unspecified atom stereocenters. The highest BCUT2D eigenvalue weighted by Gasteiger charge is 2.24. The van der Waals surface area contributed by atoms with Gasteiger partial charge < -0.3 is 29.2 Å². The lowest BCUT2D eigenvalue weighted by atomic mass is 10.0. The summed E-state index contributed by atoms with van der Waals surface area (Å²) in [5, 5.41) is 21.4. The average molecular weight is 543 g/mol. The Bertz CT molecular complexity index is 1500. The SMILES string of the molecule is COc1ccc(COc2cc(C)c(C(=O)Oc3cc(C)c(C(=O)OCc4ccccc4)c(O)c3)c(O)c2C)cc1. The lowest BCUT2D eigenvalue weighted by molar-refractivity contribution is 0.0468. The van der Waals surface area contributed by atoms with E-state index >= 15 is 0 Å². The van der Waals surface area contributed by atoms with Crippen LogP contribution in [0.4, 0.5) is 0 Å². The van der Waals surface area contributed by atoms with Gasteiger partial charge in [-0.05, 0) is 67.3 Å². The number of carbonyl (C=O) groups is 2. The van der Waals surface area contributed by atoms with Crippen LogP contribution in [0.1, 0.15) is 48.5 Å². The van der Waals surface area contributed by atoms with Crippen LogP contribution in [0.25, 0.3) is 0 Å². The molecule has 40 heavy (non-hydrogen) atoms. The van der Waals surface area contributed by atoms with Gasteiger partial charge in [-0.1, -0.05) is 42.5 Å². The fraction of sp³-hybridized carbons (Fsp3) is 0.188. The Hall–Kier alpha value is -4.98. The second-order valence-corrected chi connectivity index (χ2v) is 9.26. The highest BCUT2D eigenvalue weighted by atomic mass is 16.5. The van der Waals surface area contributed by atoms with Crippen molar-refractivity contribution in [1.82, 2.24) is 0 Å². The first-order chi connectivity index (χ1) is 19.2. The molecular weight excluding hydrogens is 512 g/mol. The minimum absolute atomic E-state index is 0.0101. The zero-order chi connectivity index (χ0) is 28.8. The summed E-state index contributed by atoms with van der Waals surface area (Å²) in [6.45, 7) is 5.20. The van der Waals surface area contributed by atoms with E-state index < -0.39 is 11.9 Å². The monoisotopic (exact) mass is 542 g/mol. The molecule has 2 N–H and O–H groups in total. The van der Waals surface area contributed by atoms with Crippen LogP contribution >= 0.6 is 0 Å². The lowest BCUT2D eigenvalue weighted by Gasteiger charge is -2.16. The fourth-order valence-corrected chi connectivity index (χ4v) is 4.17. The van der Waals surface area contributed by atoms with Crippen molar-refractivity contribution < 1.29 is 38.7 Å². The maximum atomic E-state index is 13.1. The first-order valence-corrected chi connectivity index (χ1v) is 12.5. The van der Waals surface area contributed by atoms with Crippen LogP contribution in [0.3, 0.4) is 0 Å². The Morgan fingerprint density at radius 2 is 1.38 bits per heavy atom. The summed E-state index contributed by atoms with van der Waals surface area (Å²) < 4.78 is 21.9. The minimum Gasteiger partial charge on any atom is -0.507 e. The van der Waals surface area contributed by atoms with Gasteiger partial charge in [-0.15, -0.1) is 0 Å².